The van der Waals surface area contributed by atoms with Crippen LogP contribution < -0.4 is 5.32 Å². The maximum Gasteiger partial charge on any atom is 0.0685 e. The molecule has 4 atom stereocenters. The van der Waals surface area contributed by atoms with Gasteiger partial charge in [0.25, 0.3) is 0 Å². The second-order valence-corrected chi connectivity index (χ2v) is 6.77. The minimum Gasteiger partial charge on any atom is -0.377 e. The zero-order chi connectivity index (χ0) is 12.0. The van der Waals surface area contributed by atoms with Gasteiger partial charge in [0.1, 0.15) is 0 Å². The van der Waals surface area contributed by atoms with Crippen molar-refractivity contribution in [2.75, 3.05) is 6.61 Å². The van der Waals surface area contributed by atoms with E-state index in [2.05, 4.69) is 42.9 Å². The Kier molecular flexibility index (Phi) is 2.80. The molecule has 2 aliphatic rings. The first kappa shape index (κ1) is 11.7. The molecule has 1 aromatic heterocycles. The quantitative estimate of drug-likeness (QED) is 0.890. The summed E-state index contributed by atoms with van der Waals surface area (Å²) in [5, 5.41) is 8.20. The van der Waals surface area contributed by atoms with E-state index in [-0.39, 0.29) is 5.41 Å². The second-order valence-electron chi connectivity index (χ2n) is 5.99. The molecule has 3 heteroatoms. The molecule has 1 saturated heterocycles. The molecule has 1 aliphatic carbocycles. The van der Waals surface area contributed by atoms with E-state index < -0.39 is 0 Å². The average Bonchev–Trinajstić information content (AvgIpc) is 2.95. The zero-order valence-electron chi connectivity index (χ0n) is 10.8. The zero-order valence-corrected chi connectivity index (χ0v) is 11.6. The highest BCUT2D eigenvalue weighted by atomic mass is 32.1. The number of ether oxygens (including phenoxy) is 1. The lowest BCUT2D eigenvalue weighted by Crippen LogP contribution is -2.66. The Balaban J connectivity index is 1.69. The van der Waals surface area contributed by atoms with Crippen molar-refractivity contribution < 1.29 is 4.74 Å². The Morgan fingerprint density at radius 2 is 2.35 bits per heavy atom. The molecule has 1 aliphatic heterocycles. The molecular formula is C14H21NOS. The first-order valence-corrected chi connectivity index (χ1v) is 7.44. The minimum absolute atomic E-state index is 0.283. The molecule has 0 bridgehead atoms. The number of fused-ring (bicyclic) bond motifs is 1. The molecule has 1 saturated carbocycles. The smallest absolute Gasteiger partial charge is 0.0685 e. The number of hydrogen-bond donors (Lipinski definition) is 1. The van der Waals surface area contributed by atoms with Crippen LogP contribution in [0.15, 0.2) is 16.8 Å². The lowest BCUT2D eigenvalue weighted by molar-refractivity contribution is -0.115. The Morgan fingerprint density at radius 1 is 1.53 bits per heavy atom. The summed E-state index contributed by atoms with van der Waals surface area (Å²) in [5.41, 5.74) is 1.69. The fourth-order valence-corrected chi connectivity index (χ4v) is 4.30. The summed E-state index contributed by atoms with van der Waals surface area (Å²) >= 11 is 1.78. The van der Waals surface area contributed by atoms with E-state index in [0.717, 1.165) is 12.5 Å². The van der Waals surface area contributed by atoms with Crippen LogP contribution in [0.25, 0.3) is 0 Å². The maximum absolute atomic E-state index is 5.83. The van der Waals surface area contributed by atoms with E-state index in [1.807, 2.05) is 0 Å². The van der Waals surface area contributed by atoms with Gasteiger partial charge in [-0.15, -0.1) is 0 Å². The van der Waals surface area contributed by atoms with E-state index in [9.17, 15) is 0 Å². The van der Waals surface area contributed by atoms with E-state index in [1.165, 1.54) is 12.0 Å². The molecular weight excluding hydrogens is 230 g/mol. The predicted octanol–water partition coefficient (Wildman–Crippen LogP) is 3.21. The number of rotatable bonds is 3. The fraction of sp³-hybridized carbons (Fsp3) is 0.714. The van der Waals surface area contributed by atoms with Crippen molar-refractivity contribution >= 4 is 11.3 Å². The van der Waals surface area contributed by atoms with Crippen molar-refractivity contribution in [1.29, 1.82) is 0 Å². The molecule has 1 N–H and O–H groups in total. The van der Waals surface area contributed by atoms with Gasteiger partial charge in [0, 0.05) is 30.0 Å². The molecule has 2 heterocycles. The highest BCUT2D eigenvalue weighted by Gasteiger charge is 2.59. The lowest BCUT2D eigenvalue weighted by Gasteiger charge is -2.55. The SMILES string of the molecule is CC(NC1C2CCOC2C1(C)C)c1ccsc1. The van der Waals surface area contributed by atoms with Crippen molar-refractivity contribution in [3.63, 3.8) is 0 Å². The lowest BCUT2D eigenvalue weighted by atomic mass is 9.57. The molecule has 3 rings (SSSR count). The van der Waals surface area contributed by atoms with Gasteiger partial charge in [0.05, 0.1) is 6.10 Å². The molecule has 94 valence electrons. The molecule has 0 aromatic carbocycles. The van der Waals surface area contributed by atoms with Gasteiger partial charge in [-0.3, -0.25) is 0 Å². The predicted molar refractivity (Wildman–Crippen MR) is 71.3 cm³/mol. The van der Waals surface area contributed by atoms with Gasteiger partial charge in [0.15, 0.2) is 0 Å². The Bertz CT molecular complexity index is 387. The van der Waals surface area contributed by atoms with Crippen LogP contribution in [-0.4, -0.2) is 18.8 Å². The van der Waals surface area contributed by atoms with Crippen LogP contribution in [0.3, 0.4) is 0 Å². The van der Waals surface area contributed by atoms with Crippen LogP contribution in [0.1, 0.15) is 38.8 Å². The normalized spacial score (nSPS) is 36.3. The minimum atomic E-state index is 0.283. The van der Waals surface area contributed by atoms with Gasteiger partial charge in [-0.05, 0) is 35.7 Å². The maximum atomic E-state index is 5.83. The summed E-state index contributed by atoms with van der Waals surface area (Å²) in [6.07, 6.45) is 1.71. The Morgan fingerprint density at radius 3 is 3.06 bits per heavy atom. The van der Waals surface area contributed by atoms with Crippen molar-refractivity contribution in [3.05, 3.63) is 22.4 Å². The van der Waals surface area contributed by atoms with Crippen LogP contribution >= 0.6 is 11.3 Å². The Labute approximate surface area is 107 Å². The third kappa shape index (κ3) is 1.76. The molecule has 17 heavy (non-hydrogen) atoms. The molecule has 1 aromatic rings. The van der Waals surface area contributed by atoms with Crippen LogP contribution in [0.2, 0.25) is 0 Å². The summed E-state index contributed by atoms with van der Waals surface area (Å²) in [5.74, 6) is 0.728. The molecule has 0 spiro atoms. The average molecular weight is 251 g/mol. The van der Waals surface area contributed by atoms with Crippen molar-refractivity contribution in [2.24, 2.45) is 11.3 Å². The number of thiophene rings is 1. The highest BCUT2D eigenvalue weighted by Crippen LogP contribution is 2.52. The Hall–Kier alpha value is -0.380. The van der Waals surface area contributed by atoms with E-state index in [1.54, 1.807) is 11.3 Å². The number of nitrogens with one attached hydrogen (secondary N) is 1. The van der Waals surface area contributed by atoms with Crippen LogP contribution in [-0.2, 0) is 4.74 Å². The summed E-state index contributed by atoms with van der Waals surface area (Å²) < 4.78 is 5.83. The molecule has 2 nitrogen and oxygen atoms in total. The van der Waals surface area contributed by atoms with E-state index in [0.29, 0.717) is 18.2 Å². The molecule has 0 radical (unpaired) electrons. The fourth-order valence-electron chi connectivity index (χ4n) is 3.55. The van der Waals surface area contributed by atoms with Gasteiger partial charge in [-0.2, -0.15) is 11.3 Å². The molecule has 2 fully saturated rings. The highest BCUT2D eigenvalue weighted by molar-refractivity contribution is 7.07. The standard InChI is InChI=1S/C14H21NOS/c1-9(10-5-7-17-8-10)15-12-11-4-6-16-13(11)14(12,2)3/h5,7-9,11-13,15H,4,6H2,1-3H3. The van der Waals surface area contributed by atoms with Crippen molar-refractivity contribution in [1.82, 2.24) is 5.32 Å². The summed E-state index contributed by atoms with van der Waals surface area (Å²) in [6.45, 7) is 7.88. The second kappa shape index (κ2) is 4.08. The van der Waals surface area contributed by atoms with Gasteiger partial charge in [0.2, 0.25) is 0 Å². The van der Waals surface area contributed by atoms with Crippen LogP contribution in [0, 0.1) is 11.3 Å². The first-order valence-electron chi connectivity index (χ1n) is 6.50. The summed E-state index contributed by atoms with van der Waals surface area (Å²) in [6, 6.07) is 3.27. The van der Waals surface area contributed by atoms with Crippen LogP contribution in [0.4, 0.5) is 0 Å². The summed E-state index contributed by atoms with van der Waals surface area (Å²) in [7, 11) is 0. The molecule has 4 unspecified atom stereocenters. The van der Waals surface area contributed by atoms with Crippen LogP contribution in [0.5, 0.6) is 0 Å². The van der Waals surface area contributed by atoms with Crippen molar-refractivity contribution in [2.45, 2.75) is 45.4 Å². The summed E-state index contributed by atoms with van der Waals surface area (Å²) in [4.78, 5) is 0. The number of hydrogen-bond acceptors (Lipinski definition) is 3. The monoisotopic (exact) mass is 251 g/mol. The third-order valence-electron chi connectivity index (χ3n) is 4.57. The van der Waals surface area contributed by atoms with Gasteiger partial charge >= 0.3 is 0 Å². The first-order chi connectivity index (χ1) is 8.10. The van der Waals surface area contributed by atoms with E-state index in [4.69, 9.17) is 4.74 Å². The van der Waals surface area contributed by atoms with E-state index >= 15 is 0 Å². The molecule has 0 amide bonds. The topological polar surface area (TPSA) is 21.3 Å². The van der Waals surface area contributed by atoms with Gasteiger partial charge in [-0.25, -0.2) is 0 Å². The largest absolute Gasteiger partial charge is 0.377 e. The van der Waals surface area contributed by atoms with Crippen molar-refractivity contribution in [3.8, 4) is 0 Å². The van der Waals surface area contributed by atoms with Gasteiger partial charge in [-0.1, -0.05) is 13.8 Å². The van der Waals surface area contributed by atoms with Gasteiger partial charge < -0.3 is 10.1 Å². The third-order valence-corrected chi connectivity index (χ3v) is 5.27.